The summed E-state index contributed by atoms with van der Waals surface area (Å²) in [5, 5.41) is 1.16. The summed E-state index contributed by atoms with van der Waals surface area (Å²) >= 11 is 0. The molecule has 0 aliphatic rings. The summed E-state index contributed by atoms with van der Waals surface area (Å²) in [5.41, 5.74) is 2.99. The Morgan fingerprint density at radius 2 is 1.28 bits per heavy atom. The van der Waals surface area contributed by atoms with Crippen molar-refractivity contribution in [1.29, 1.82) is 0 Å². The number of fused-ring (bicyclic) bond motifs is 1. The van der Waals surface area contributed by atoms with Gasteiger partial charge in [0.1, 0.15) is 0 Å². The molecule has 3 aromatic rings. The lowest BCUT2D eigenvalue weighted by atomic mass is 10.1. The molecule has 0 bridgehead atoms. The van der Waals surface area contributed by atoms with Crippen molar-refractivity contribution in [2.24, 2.45) is 0 Å². The highest BCUT2D eigenvalue weighted by Gasteiger charge is 2.10. The number of unbranched alkanes of at least 4 members (excludes halogenated alkanes) is 10. The van der Waals surface area contributed by atoms with E-state index in [1.807, 2.05) is 18.2 Å². The molecule has 0 saturated carbocycles. The predicted molar refractivity (Wildman–Crippen MR) is 155 cm³/mol. The van der Waals surface area contributed by atoms with Crippen LogP contribution in [0, 0.1) is 0 Å². The van der Waals surface area contributed by atoms with E-state index in [0.717, 1.165) is 59.7 Å². The molecular formula is C33H45NO2. The van der Waals surface area contributed by atoms with Gasteiger partial charge < -0.3 is 9.47 Å². The summed E-state index contributed by atoms with van der Waals surface area (Å²) < 4.78 is 12.6. The van der Waals surface area contributed by atoms with Gasteiger partial charge in [-0.2, -0.15) is 0 Å². The number of pyridine rings is 1. The van der Waals surface area contributed by atoms with Crippen molar-refractivity contribution in [3.05, 3.63) is 65.9 Å². The van der Waals surface area contributed by atoms with E-state index in [0.29, 0.717) is 0 Å². The molecule has 0 N–H and O–H groups in total. The van der Waals surface area contributed by atoms with Crippen LogP contribution in [-0.4, -0.2) is 18.2 Å². The normalized spacial score (nSPS) is 11.4. The molecule has 3 rings (SSSR count). The average molecular weight is 488 g/mol. The first-order chi connectivity index (χ1) is 17.8. The van der Waals surface area contributed by atoms with Crippen LogP contribution < -0.4 is 9.47 Å². The second kappa shape index (κ2) is 16.8. The van der Waals surface area contributed by atoms with Crippen LogP contribution in [0.4, 0.5) is 0 Å². The fourth-order valence-electron chi connectivity index (χ4n) is 4.40. The maximum Gasteiger partial charge on any atom is 0.168 e. The van der Waals surface area contributed by atoms with Crippen molar-refractivity contribution in [1.82, 2.24) is 4.98 Å². The van der Waals surface area contributed by atoms with Crippen molar-refractivity contribution in [3.8, 4) is 11.5 Å². The van der Waals surface area contributed by atoms with Crippen LogP contribution in [-0.2, 0) is 0 Å². The number of nitrogens with zero attached hydrogens (tertiary/aromatic N) is 1. The van der Waals surface area contributed by atoms with Crippen LogP contribution in [0.1, 0.15) is 102 Å². The lowest BCUT2D eigenvalue weighted by Gasteiger charge is -2.15. The summed E-state index contributed by atoms with van der Waals surface area (Å²) in [7, 11) is 0. The molecule has 0 saturated heterocycles. The minimum absolute atomic E-state index is 0.721. The molecule has 0 fully saturated rings. The number of hydrogen-bond acceptors (Lipinski definition) is 3. The molecule has 1 heterocycles. The second-order valence-electron chi connectivity index (χ2n) is 9.67. The first kappa shape index (κ1) is 27.8. The number of benzene rings is 2. The molecule has 0 unspecified atom stereocenters. The highest BCUT2D eigenvalue weighted by Crippen LogP contribution is 2.33. The topological polar surface area (TPSA) is 31.4 Å². The van der Waals surface area contributed by atoms with Crippen molar-refractivity contribution in [3.63, 3.8) is 0 Å². The fraction of sp³-hybridized carbons (Fsp3) is 0.485. The van der Waals surface area contributed by atoms with E-state index in [1.54, 1.807) is 0 Å². The van der Waals surface area contributed by atoms with Crippen LogP contribution in [0.25, 0.3) is 23.1 Å². The van der Waals surface area contributed by atoms with Crippen LogP contribution in [0.2, 0.25) is 0 Å². The zero-order chi connectivity index (χ0) is 25.3. The zero-order valence-corrected chi connectivity index (χ0v) is 22.5. The van der Waals surface area contributed by atoms with E-state index in [2.05, 4.69) is 62.4 Å². The van der Waals surface area contributed by atoms with Crippen molar-refractivity contribution in [2.75, 3.05) is 13.2 Å². The lowest BCUT2D eigenvalue weighted by molar-refractivity contribution is 0.258. The Hall–Kier alpha value is -2.81. The number of rotatable bonds is 18. The van der Waals surface area contributed by atoms with Crippen LogP contribution in [0.15, 0.2) is 54.6 Å². The van der Waals surface area contributed by atoms with Crippen molar-refractivity contribution in [2.45, 2.75) is 90.9 Å². The Morgan fingerprint density at radius 3 is 2.03 bits per heavy atom. The molecule has 0 atom stereocenters. The highest BCUT2D eigenvalue weighted by atomic mass is 16.5. The Kier molecular flexibility index (Phi) is 13.0. The standard InChI is InChI=1S/C33H45NO2/c1-3-5-7-9-11-15-26-35-32-21-17-19-29(33(32)36-27-16-12-10-8-6-4-2)23-25-30-24-22-28-18-13-14-20-31(28)34-30/h13-14,17-25H,3-12,15-16,26-27H2,1-2H3. The average Bonchev–Trinajstić information content (AvgIpc) is 2.91. The molecule has 36 heavy (non-hydrogen) atoms. The summed E-state index contributed by atoms with van der Waals surface area (Å²) in [6, 6.07) is 18.6. The van der Waals surface area contributed by atoms with Crippen LogP contribution >= 0.6 is 0 Å². The van der Waals surface area contributed by atoms with Gasteiger partial charge >= 0.3 is 0 Å². The van der Waals surface area contributed by atoms with Gasteiger partial charge in [-0.3, -0.25) is 0 Å². The van der Waals surface area contributed by atoms with Gasteiger partial charge in [-0.15, -0.1) is 0 Å². The number of hydrogen-bond donors (Lipinski definition) is 0. The lowest BCUT2D eigenvalue weighted by Crippen LogP contribution is -2.04. The Bertz CT molecular complexity index is 1040. The van der Waals surface area contributed by atoms with Gasteiger partial charge in [-0.1, -0.05) is 114 Å². The Morgan fingerprint density at radius 1 is 0.611 bits per heavy atom. The number of aromatic nitrogens is 1. The maximum atomic E-state index is 6.35. The van der Waals surface area contributed by atoms with Gasteiger partial charge in [0.2, 0.25) is 0 Å². The van der Waals surface area contributed by atoms with Crippen molar-refractivity contribution >= 4 is 23.1 Å². The van der Waals surface area contributed by atoms with Gasteiger partial charge in [-0.05, 0) is 43.2 Å². The van der Waals surface area contributed by atoms with E-state index < -0.39 is 0 Å². The molecule has 0 amide bonds. The predicted octanol–water partition coefficient (Wildman–Crippen LogP) is 9.88. The van der Waals surface area contributed by atoms with Crippen LogP contribution in [0.5, 0.6) is 11.5 Å². The largest absolute Gasteiger partial charge is 0.490 e. The highest BCUT2D eigenvalue weighted by molar-refractivity contribution is 5.81. The van der Waals surface area contributed by atoms with E-state index in [1.165, 1.54) is 64.2 Å². The second-order valence-corrected chi connectivity index (χ2v) is 9.67. The van der Waals surface area contributed by atoms with Crippen LogP contribution in [0.3, 0.4) is 0 Å². The van der Waals surface area contributed by atoms with Gasteiger partial charge in [-0.25, -0.2) is 4.98 Å². The molecule has 3 nitrogen and oxygen atoms in total. The summed E-state index contributed by atoms with van der Waals surface area (Å²) in [5.74, 6) is 1.71. The van der Waals surface area contributed by atoms with Gasteiger partial charge in [0, 0.05) is 10.9 Å². The molecule has 0 aliphatic heterocycles. The smallest absolute Gasteiger partial charge is 0.168 e. The monoisotopic (exact) mass is 487 g/mol. The third-order valence-corrected chi connectivity index (χ3v) is 6.56. The fourth-order valence-corrected chi connectivity index (χ4v) is 4.40. The van der Waals surface area contributed by atoms with E-state index >= 15 is 0 Å². The number of para-hydroxylation sites is 2. The maximum absolute atomic E-state index is 6.35. The van der Waals surface area contributed by atoms with Gasteiger partial charge in [0.05, 0.1) is 24.4 Å². The van der Waals surface area contributed by atoms with Gasteiger partial charge in [0.25, 0.3) is 0 Å². The Balaban J connectivity index is 1.65. The first-order valence-corrected chi connectivity index (χ1v) is 14.2. The molecule has 3 heteroatoms. The van der Waals surface area contributed by atoms with Crippen molar-refractivity contribution < 1.29 is 9.47 Å². The minimum Gasteiger partial charge on any atom is -0.490 e. The number of ether oxygens (including phenoxy) is 2. The van der Waals surface area contributed by atoms with E-state index in [4.69, 9.17) is 14.5 Å². The molecule has 0 aliphatic carbocycles. The summed E-state index contributed by atoms with van der Waals surface area (Å²) in [6.45, 7) is 5.97. The Labute approximate surface area is 218 Å². The molecular weight excluding hydrogens is 442 g/mol. The third kappa shape index (κ3) is 9.68. The summed E-state index contributed by atoms with van der Waals surface area (Å²) in [4.78, 5) is 4.79. The SMILES string of the molecule is CCCCCCCCOc1cccc(C=Cc2ccc3ccccc3n2)c1OCCCCCCCC. The quantitative estimate of drug-likeness (QED) is 0.167. The molecule has 2 aromatic carbocycles. The molecule has 0 radical (unpaired) electrons. The molecule has 0 spiro atoms. The molecule has 1 aromatic heterocycles. The minimum atomic E-state index is 0.721. The van der Waals surface area contributed by atoms with Gasteiger partial charge in [0.15, 0.2) is 11.5 Å². The van der Waals surface area contributed by atoms with E-state index in [-0.39, 0.29) is 0 Å². The third-order valence-electron chi connectivity index (χ3n) is 6.56. The van der Waals surface area contributed by atoms with E-state index in [9.17, 15) is 0 Å². The first-order valence-electron chi connectivity index (χ1n) is 14.2. The summed E-state index contributed by atoms with van der Waals surface area (Å²) in [6.07, 6.45) is 19.2. The zero-order valence-electron chi connectivity index (χ0n) is 22.5. The molecule has 194 valence electrons.